The molecule has 0 bridgehead atoms. The summed E-state index contributed by atoms with van der Waals surface area (Å²) in [4.78, 5) is 47.8. The lowest BCUT2D eigenvalue weighted by Crippen LogP contribution is -2.21. The Kier molecular flexibility index (Phi) is 6.19. The molecule has 0 spiro atoms. The Hall–Kier alpha value is -2.79. The van der Waals surface area contributed by atoms with E-state index in [0.717, 1.165) is 0 Å². The maximum absolute atomic E-state index is 12.0. The Balaban J connectivity index is 1.94. The zero-order valence-corrected chi connectivity index (χ0v) is 14.2. The molecule has 0 saturated heterocycles. The number of hydrogen-bond donors (Lipinski definition) is 0. The van der Waals surface area contributed by atoms with Crippen molar-refractivity contribution in [1.82, 2.24) is 0 Å². The standard InChI is InChI=1S/C19H15ClO5/c1-25-15-8-4-13(5-9-15)17(22)11-19(24)18(23)10-16(21)12-2-6-14(20)7-3-12/h2-9H,10-11H2,1H3. The molecule has 0 N–H and O–H groups in total. The maximum atomic E-state index is 12.0. The maximum Gasteiger partial charge on any atom is 0.206 e. The van der Waals surface area contributed by atoms with Crippen LogP contribution in [0.15, 0.2) is 48.5 Å². The average Bonchev–Trinajstić information content (AvgIpc) is 2.62. The summed E-state index contributed by atoms with van der Waals surface area (Å²) in [5.41, 5.74) is 0.581. The molecule has 6 heteroatoms. The van der Waals surface area contributed by atoms with Crippen molar-refractivity contribution in [2.24, 2.45) is 0 Å². The number of ether oxygens (including phenoxy) is 1. The smallest absolute Gasteiger partial charge is 0.206 e. The lowest BCUT2D eigenvalue weighted by atomic mass is 9.99. The van der Waals surface area contributed by atoms with Crippen molar-refractivity contribution < 1.29 is 23.9 Å². The Bertz CT molecular complexity index is 807. The first kappa shape index (κ1) is 18.5. The second-order valence-electron chi connectivity index (χ2n) is 5.28. The van der Waals surface area contributed by atoms with E-state index in [2.05, 4.69) is 0 Å². The third kappa shape index (κ3) is 5.09. The Morgan fingerprint density at radius 2 is 1.16 bits per heavy atom. The third-order valence-corrected chi connectivity index (χ3v) is 3.78. The van der Waals surface area contributed by atoms with Crippen molar-refractivity contribution in [3.63, 3.8) is 0 Å². The topological polar surface area (TPSA) is 77.5 Å². The first-order valence-electron chi connectivity index (χ1n) is 7.42. The van der Waals surface area contributed by atoms with Crippen LogP contribution in [0.2, 0.25) is 5.02 Å². The summed E-state index contributed by atoms with van der Waals surface area (Å²) in [6, 6.07) is 12.2. The highest BCUT2D eigenvalue weighted by Crippen LogP contribution is 2.14. The van der Waals surface area contributed by atoms with Crippen LogP contribution in [0.5, 0.6) is 5.75 Å². The molecule has 0 heterocycles. The van der Waals surface area contributed by atoms with Gasteiger partial charge >= 0.3 is 0 Å². The van der Waals surface area contributed by atoms with Gasteiger partial charge in [0.15, 0.2) is 11.6 Å². The summed E-state index contributed by atoms with van der Waals surface area (Å²) in [6.45, 7) is 0. The molecule has 0 fully saturated rings. The summed E-state index contributed by atoms with van der Waals surface area (Å²) >= 11 is 5.73. The van der Waals surface area contributed by atoms with E-state index in [-0.39, 0.29) is 5.56 Å². The quantitative estimate of drug-likeness (QED) is 0.411. The number of carbonyl (C=O) groups is 4. The minimum Gasteiger partial charge on any atom is -0.497 e. The van der Waals surface area contributed by atoms with E-state index in [1.54, 1.807) is 12.1 Å². The van der Waals surface area contributed by atoms with E-state index in [1.807, 2.05) is 0 Å². The van der Waals surface area contributed by atoms with Gasteiger partial charge in [-0.1, -0.05) is 11.6 Å². The number of benzene rings is 2. The summed E-state index contributed by atoms with van der Waals surface area (Å²) in [5.74, 6) is -2.18. The average molecular weight is 359 g/mol. The van der Waals surface area contributed by atoms with Crippen LogP contribution in [-0.4, -0.2) is 30.2 Å². The van der Waals surface area contributed by atoms with Gasteiger partial charge in [-0.05, 0) is 48.5 Å². The van der Waals surface area contributed by atoms with Crippen molar-refractivity contribution in [1.29, 1.82) is 0 Å². The lowest BCUT2D eigenvalue weighted by molar-refractivity contribution is -0.135. The van der Waals surface area contributed by atoms with Crippen molar-refractivity contribution >= 4 is 34.7 Å². The highest BCUT2D eigenvalue weighted by molar-refractivity contribution is 6.44. The zero-order valence-electron chi connectivity index (χ0n) is 13.5. The van der Waals surface area contributed by atoms with E-state index in [0.29, 0.717) is 16.3 Å². The minimum atomic E-state index is -0.887. The van der Waals surface area contributed by atoms with Gasteiger partial charge in [0.25, 0.3) is 0 Å². The molecule has 0 aliphatic rings. The van der Waals surface area contributed by atoms with Crippen molar-refractivity contribution in [3.05, 3.63) is 64.7 Å². The molecule has 0 aliphatic heterocycles. The summed E-state index contributed by atoms with van der Waals surface area (Å²) in [6.07, 6.45) is -1.14. The number of rotatable bonds is 8. The van der Waals surface area contributed by atoms with Crippen LogP contribution in [0.25, 0.3) is 0 Å². The summed E-state index contributed by atoms with van der Waals surface area (Å²) in [5, 5.41) is 0.462. The van der Waals surface area contributed by atoms with Crippen molar-refractivity contribution in [2.45, 2.75) is 12.8 Å². The molecule has 0 aliphatic carbocycles. The van der Waals surface area contributed by atoms with Gasteiger partial charge in [-0.15, -0.1) is 0 Å². The van der Waals surface area contributed by atoms with Gasteiger partial charge in [0, 0.05) is 16.1 Å². The fourth-order valence-corrected chi connectivity index (χ4v) is 2.23. The van der Waals surface area contributed by atoms with Crippen LogP contribution >= 0.6 is 11.6 Å². The van der Waals surface area contributed by atoms with Crippen LogP contribution in [0.4, 0.5) is 0 Å². The second-order valence-corrected chi connectivity index (χ2v) is 5.72. The van der Waals surface area contributed by atoms with Crippen molar-refractivity contribution in [2.75, 3.05) is 7.11 Å². The molecule has 25 heavy (non-hydrogen) atoms. The highest BCUT2D eigenvalue weighted by atomic mass is 35.5. The van der Waals surface area contributed by atoms with Crippen LogP contribution in [-0.2, 0) is 9.59 Å². The first-order valence-corrected chi connectivity index (χ1v) is 7.80. The fraction of sp³-hybridized carbons (Fsp3) is 0.158. The van der Waals surface area contributed by atoms with Gasteiger partial charge in [0.1, 0.15) is 5.75 Å². The van der Waals surface area contributed by atoms with Gasteiger partial charge in [-0.2, -0.15) is 0 Å². The molecule has 0 aromatic heterocycles. The molecule has 128 valence electrons. The molecule has 0 amide bonds. The first-order chi connectivity index (χ1) is 11.9. The van der Waals surface area contributed by atoms with Gasteiger partial charge in [-0.25, -0.2) is 0 Å². The second kappa shape index (κ2) is 8.35. The van der Waals surface area contributed by atoms with E-state index >= 15 is 0 Å². The molecule has 5 nitrogen and oxygen atoms in total. The Labute approximate surface area is 149 Å². The van der Waals surface area contributed by atoms with Crippen LogP contribution in [0.3, 0.4) is 0 Å². The zero-order chi connectivity index (χ0) is 18.4. The molecule has 0 unspecified atom stereocenters. The molecular formula is C19H15ClO5. The predicted molar refractivity (Wildman–Crippen MR) is 92.4 cm³/mol. The van der Waals surface area contributed by atoms with E-state index in [1.165, 1.54) is 43.5 Å². The van der Waals surface area contributed by atoms with E-state index in [9.17, 15) is 19.2 Å². The molecule has 2 aromatic rings. The van der Waals surface area contributed by atoms with Crippen LogP contribution in [0.1, 0.15) is 33.6 Å². The largest absolute Gasteiger partial charge is 0.497 e. The fourth-order valence-electron chi connectivity index (χ4n) is 2.11. The van der Waals surface area contributed by atoms with E-state index < -0.39 is 36.0 Å². The van der Waals surface area contributed by atoms with E-state index in [4.69, 9.17) is 16.3 Å². The number of carbonyl (C=O) groups excluding carboxylic acids is 4. The molecule has 2 aromatic carbocycles. The normalized spacial score (nSPS) is 10.2. The van der Waals surface area contributed by atoms with Crippen LogP contribution < -0.4 is 4.74 Å². The lowest BCUT2D eigenvalue weighted by Gasteiger charge is -2.03. The Morgan fingerprint density at radius 3 is 1.56 bits per heavy atom. The molecular weight excluding hydrogens is 344 g/mol. The number of methoxy groups -OCH3 is 1. The van der Waals surface area contributed by atoms with Gasteiger partial charge < -0.3 is 4.74 Å². The van der Waals surface area contributed by atoms with Gasteiger partial charge in [0.05, 0.1) is 20.0 Å². The molecule has 0 saturated carbocycles. The van der Waals surface area contributed by atoms with Gasteiger partial charge in [-0.3, -0.25) is 19.2 Å². The molecule has 2 rings (SSSR count). The monoisotopic (exact) mass is 358 g/mol. The number of hydrogen-bond acceptors (Lipinski definition) is 5. The number of Topliss-reactive ketones (excluding diaryl/α,β-unsaturated/α-hetero) is 4. The highest BCUT2D eigenvalue weighted by Gasteiger charge is 2.22. The summed E-state index contributed by atoms with van der Waals surface area (Å²) in [7, 11) is 1.50. The summed E-state index contributed by atoms with van der Waals surface area (Å²) < 4.78 is 4.98. The predicted octanol–water partition coefficient (Wildman–Crippen LogP) is 3.33. The Morgan fingerprint density at radius 1 is 0.760 bits per heavy atom. The van der Waals surface area contributed by atoms with Crippen molar-refractivity contribution in [3.8, 4) is 5.75 Å². The SMILES string of the molecule is COc1ccc(C(=O)CC(=O)C(=O)CC(=O)c2ccc(Cl)cc2)cc1. The molecule has 0 atom stereocenters. The number of halogens is 1. The van der Waals surface area contributed by atoms with Gasteiger partial charge in [0.2, 0.25) is 11.6 Å². The number of ketones is 4. The minimum absolute atomic E-state index is 0.284. The third-order valence-electron chi connectivity index (χ3n) is 3.53. The molecule has 0 radical (unpaired) electrons. The van der Waals surface area contributed by atoms with Crippen LogP contribution in [0, 0.1) is 0 Å².